The van der Waals surface area contributed by atoms with E-state index in [-0.39, 0.29) is 0 Å². The number of hydrogen-bond donors (Lipinski definition) is 1. The zero-order chi connectivity index (χ0) is 37.4. The molecule has 0 fully saturated rings. The molecule has 8 aromatic carbocycles. The maximum Gasteiger partial charge on any atom is 0.157 e. The summed E-state index contributed by atoms with van der Waals surface area (Å²) in [4.78, 5) is 10.1. The SMILES string of the molecule is NC(=NC(=NCc1ccccc1)c1ccccc1)c1cc(-c2ccccc2)ccc1-c1ccc2sc3cc4c(cc3c2c1)c1ccccc1n4-c1ccccc1. The van der Waals surface area contributed by atoms with Crippen molar-refractivity contribution in [3.05, 3.63) is 211 Å². The average molecular weight is 737 g/mol. The molecule has 4 nitrogen and oxygen atoms in total. The van der Waals surface area contributed by atoms with Crippen LogP contribution in [0.2, 0.25) is 0 Å². The van der Waals surface area contributed by atoms with Gasteiger partial charge in [-0.3, -0.25) is 4.99 Å². The molecule has 2 N–H and O–H groups in total. The molecule has 56 heavy (non-hydrogen) atoms. The fourth-order valence-electron chi connectivity index (χ4n) is 7.78. The van der Waals surface area contributed by atoms with Gasteiger partial charge in [-0.15, -0.1) is 11.3 Å². The lowest BCUT2D eigenvalue weighted by atomic mass is 9.93. The second-order valence-corrected chi connectivity index (χ2v) is 15.1. The van der Waals surface area contributed by atoms with Crippen LogP contribution in [0.5, 0.6) is 0 Å². The molecule has 0 radical (unpaired) electrons. The topological polar surface area (TPSA) is 55.7 Å². The molecule has 5 heteroatoms. The first-order valence-electron chi connectivity index (χ1n) is 18.8. The predicted molar refractivity (Wildman–Crippen MR) is 238 cm³/mol. The van der Waals surface area contributed by atoms with Crippen LogP contribution in [0.25, 0.3) is 69.9 Å². The molecule has 0 saturated heterocycles. The van der Waals surface area contributed by atoms with Crippen LogP contribution in [-0.2, 0) is 6.54 Å². The minimum absolute atomic E-state index is 0.416. The molecule has 0 aliphatic heterocycles. The van der Waals surface area contributed by atoms with E-state index in [2.05, 4.69) is 144 Å². The van der Waals surface area contributed by atoms with E-state index in [1.165, 1.54) is 42.0 Å². The molecule has 0 unspecified atom stereocenters. The molecular formula is C51H36N4S. The Kier molecular flexibility index (Phi) is 8.55. The van der Waals surface area contributed by atoms with Crippen molar-refractivity contribution in [1.29, 1.82) is 0 Å². The Labute approximate surface area is 329 Å². The van der Waals surface area contributed by atoms with Gasteiger partial charge in [0, 0.05) is 47.8 Å². The maximum absolute atomic E-state index is 7.10. The summed E-state index contributed by atoms with van der Waals surface area (Å²) in [5.41, 5.74) is 17.9. The summed E-state index contributed by atoms with van der Waals surface area (Å²) in [5, 5.41) is 4.96. The summed E-state index contributed by atoms with van der Waals surface area (Å²) in [7, 11) is 0. The summed E-state index contributed by atoms with van der Waals surface area (Å²) in [5.74, 6) is 1.01. The highest BCUT2D eigenvalue weighted by Gasteiger charge is 2.18. The molecule has 266 valence electrons. The molecule has 2 aromatic heterocycles. The predicted octanol–water partition coefficient (Wildman–Crippen LogP) is 12.8. The highest BCUT2D eigenvalue weighted by atomic mass is 32.1. The monoisotopic (exact) mass is 736 g/mol. The van der Waals surface area contributed by atoms with Crippen LogP contribution in [0.4, 0.5) is 0 Å². The summed E-state index contributed by atoms with van der Waals surface area (Å²) in [6.07, 6.45) is 0. The minimum atomic E-state index is 0.416. The molecule has 2 heterocycles. The minimum Gasteiger partial charge on any atom is -0.383 e. The van der Waals surface area contributed by atoms with Crippen LogP contribution in [0.15, 0.2) is 204 Å². The summed E-state index contributed by atoms with van der Waals surface area (Å²) in [6.45, 7) is 0.498. The fourth-order valence-corrected chi connectivity index (χ4v) is 8.88. The van der Waals surface area contributed by atoms with E-state index in [0.29, 0.717) is 18.2 Å². The quantitative estimate of drug-likeness (QED) is 0.129. The van der Waals surface area contributed by atoms with Crippen LogP contribution in [0.3, 0.4) is 0 Å². The number of nitrogens with two attached hydrogens (primary N) is 1. The third-order valence-corrected chi connectivity index (χ3v) is 11.6. The molecule has 10 aromatic rings. The average Bonchev–Trinajstić information content (AvgIpc) is 3.79. The number of thiophene rings is 1. The Bertz CT molecular complexity index is 3090. The molecule has 10 rings (SSSR count). The number of para-hydroxylation sites is 2. The molecule has 0 saturated carbocycles. The van der Waals surface area contributed by atoms with Crippen molar-refractivity contribution in [3.63, 3.8) is 0 Å². The van der Waals surface area contributed by atoms with Crippen molar-refractivity contribution in [1.82, 2.24) is 4.57 Å². The van der Waals surface area contributed by atoms with Gasteiger partial charge in [-0.1, -0.05) is 146 Å². The number of hydrogen-bond acceptors (Lipinski definition) is 2. The second-order valence-electron chi connectivity index (χ2n) is 14.0. The van der Waals surface area contributed by atoms with E-state index in [9.17, 15) is 0 Å². The lowest BCUT2D eigenvalue weighted by Gasteiger charge is -2.14. The van der Waals surface area contributed by atoms with Crippen LogP contribution in [-0.4, -0.2) is 16.2 Å². The number of nitrogens with zero attached hydrogens (tertiary/aromatic N) is 3. The number of rotatable bonds is 7. The maximum atomic E-state index is 7.10. The zero-order valence-corrected chi connectivity index (χ0v) is 31.3. The number of aromatic nitrogens is 1. The zero-order valence-electron chi connectivity index (χ0n) is 30.5. The van der Waals surface area contributed by atoms with Crippen molar-refractivity contribution in [2.24, 2.45) is 15.7 Å². The van der Waals surface area contributed by atoms with Crippen molar-refractivity contribution in [2.75, 3.05) is 0 Å². The smallest absolute Gasteiger partial charge is 0.157 e. The molecule has 0 aliphatic carbocycles. The summed E-state index contributed by atoms with van der Waals surface area (Å²) < 4.78 is 4.89. The Morgan fingerprint density at radius 3 is 1.95 bits per heavy atom. The van der Waals surface area contributed by atoms with Crippen LogP contribution >= 0.6 is 11.3 Å². The number of aliphatic imine (C=N–C) groups is 2. The number of fused-ring (bicyclic) bond motifs is 6. The van der Waals surface area contributed by atoms with Gasteiger partial charge in [0.1, 0.15) is 5.84 Å². The first kappa shape index (κ1) is 33.5. The molecule has 0 aliphatic rings. The fraction of sp³-hybridized carbons (Fsp3) is 0.0196. The Morgan fingerprint density at radius 1 is 0.500 bits per heavy atom. The third kappa shape index (κ3) is 6.14. The van der Waals surface area contributed by atoms with Crippen LogP contribution in [0, 0.1) is 0 Å². The van der Waals surface area contributed by atoms with Gasteiger partial charge in [0.15, 0.2) is 5.84 Å². The number of benzene rings is 8. The van der Waals surface area contributed by atoms with E-state index in [0.717, 1.165) is 44.6 Å². The van der Waals surface area contributed by atoms with E-state index in [1.54, 1.807) is 0 Å². The lowest BCUT2D eigenvalue weighted by Crippen LogP contribution is -2.18. The highest BCUT2D eigenvalue weighted by Crippen LogP contribution is 2.42. The van der Waals surface area contributed by atoms with E-state index in [4.69, 9.17) is 15.7 Å². The van der Waals surface area contributed by atoms with Gasteiger partial charge >= 0.3 is 0 Å². The Balaban J connectivity index is 1.14. The van der Waals surface area contributed by atoms with Gasteiger partial charge < -0.3 is 10.3 Å². The summed E-state index contributed by atoms with van der Waals surface area (Å²) >= 11 is 1.84. The molecule has 0 atom stereocenters. The second kappa shape index (κ2) is 14.3. The lowest BCUT2D eigenvalue weighted by molar-refractivity contribution is 1.06. The van der Waals surface area contributed by atoms with Crippen LogP contribution in [0.1, 0.15) is 16.7 Å². The third-order valence-electron chi connectivity index (χ3n) is 10.5. The van der Waals surface area contributed by atoms with Gasteiger partial charge in [-0.05, 0) is 76.3 Å². The van der Waals surface area contributed by atoms with Gasteiger partial charge in [-0.25, -0.2) is 4.99 Å². The Morgan fingerprint density at radius 2 is 1.16 bits per heavy atom. The van der Waals surface area contributed by atoms with Crippen molar-refractivity contribution in [2.45, 2.75) is 6.54 Å². The Hall–Kier alpha value is -7.08. The first-order chi connectivity index (χ1) is 27.7. The van der Waals surface area contributed by atoms with Crippen molar-refractivity contribution < 1.29 is 0 Å². The highest BCUT2D eigenvalue weighted by molar-refractivity contribution is 7.25. The van der Waals surface area contributed by atoms with Crippen molar-refractivity contribution in [3.8, 4) is 27.9 Å². The molecule has 0 spiro atoms. The molecule has 0 bridgehead atoms. The van der Waals surface area contributed by atoms with Gasteiger partial charge in [0.05, 0.1) is 17.6 Å². The standard InChI is InChI=1S/C51H36N4S/c52-50(54-51(36-19-9-3-10-20-36)53-33-34-15-5-1-6-16-34)45-29-37(35-17-7-2-8-18-35)25-27-40(45)38-26-28-48-43(30-38)44-31-42-41-23-13-14-24-46(41)55(39-21-11-4-12-22-39)47(42)32-49(44)56-48/h1-32H,33H2,(H2,52,53,54). The van der Waals surface area contributed by atoms with Crippen molar-refractivity contribution >= 4 is 65.0 Å². The van der Waals surface area contributed by atoms with Gasteiger partial charge in [0.25, 0.3) is 0 Å². The van der Waals surface area contributed by atoms with E-state index < -0.39 is 0 Å². The summed E-state index contributed by atoms with van der Waals surface area (Å²) in [6, 6.07) is 68.2. The van der Waals surface area contributed by atoms with Crippen LogP contribution < -0.4 is 5.73 Å². The van der Waals surface area contributed by atoms with Gasteiger partial charge in [-0.2, -0.15) is 0 Å². The van der Waals surface area contributed by atoms with E-state index >= 15 is 0 Å². The normalized spacial score (nSPS) is 12.3. The first-order valence-corrected chi connectivity index (χ1v) is 19.6. The largest absolute Gasteiger partial charge is 0.383 e. The van der Waals surface area contributed by atoms with E-state index in [1.807, 2.05) is 65.9 Å². The number of amidine groups is 2. The molecular weight excluding hydrogens is 701 g/mol. The van der Waals surface area contributed by atoms with Gasteiger partial charge in [0.2, 0.25) is 0 Å². The molecule has 0 amide bonds.